The maximum absolute atomic E-state index is 12.4. The normalized spacial score (nSPS) is 10.8. The number of aryl methyl sites for hydroxylation is 1. The minimum absolute atomic E-state index is 0.116. The second kappa shape index (κ2) is 9.11. The van der Waals surface area contributed by atoms with Crippen LogP contribution < -0.4 is 14.8 Å². The molecule has 0 radical (unpaired) electrons. The summed E-state index contributed by atoms with van der Waals surface area (Å²) in [5, 5.41) is 2.83. The fourth-order valence-corrected chi connectivity index (χ4v) is 4.62. The maximum atomic E-state index is 12.4. The third kappa shape index (κ3) is 4.91. The molecule has 0 atom stereocenters. The van der Waals surface area contributed by atoms with E-state index in [1.165, 1.54) is 0 Å². The van der Waals surface area contributed by atoms with Crippen LogP contribution in [0.4, 0.5) is 5.69 Å². The highest BCUT2D eigenvalue weighted by molar-refractivity contribution is 9.11. The SMILES string of the molecule is COc1ccc(-c2nc3cc(NC(=O)COc4c(C)cc(Br)cc4Br)ccc3o2)cc1. The number of amides is 1. The van der Waals surface area contributed by atoms with Crippen molar-refractivity contribution in [2.24, 2.45) is 0 Å². The first-order valence-corrected chi connectivity index (χ1v) is 10.9. The standard InChI is InChI=1S/C23H18Br2N2O4/c1-13-9-15(24)10-18(25)22(13)30-12-21(28)26-16-5-8-20-19(11-16)27-23(31-20)14-3-6-17(29-2)7-4-14/h3-11H,12H2,1-2H3,(H,26,28). The Morgan fingerprint density at radius 3 is 2.58 bits per heavy atom. The van der Waals surface area contributed by atoms with Crippen LogP contribution in [0.2, 0.25) is 0 Å². The van der Waals surface area contributed by atoms with Gasteiger partial charge in [0.25, 0.3) is 5.91 Å². The average molecular weight is 546 g/mol. The highest BCUT2D eigenvalue weighted by atomic mass is 79.9. The molecule has 158 valence electrons. The fraction of sp³-hybridized carbons (Fsp3) is 0.130. The number of ether oxygens (including phenoxy) is 2. The molecule has 0 aliphatic heterocycles. The Morgan fingerprint density at radius 2 is 1.87 bits per heavy atom. The number of methoxy groups -OCH3 is 1. The Hall–Kier alpha value is -2.84. The Balaban J connectivity index is 1.45. The van der Waals surface area contributed by atoms with Gasteiger partial charge in [-0.25, -0.2) is 4.98 Å². The van der Waals surface area contributed by atoms with Gasteiger partial charge in [-0.3, -0.25) is 4.79 Å². The Morgan fingerprint density at radius 1 is 1.10 bits per heavy atom. The van der Waals surface area contributed by atoms with Crippen molar-refractivity contribution in [3.63, 3.8) is 0 Å². The summed E-state index contributed by atoms with van der Waals surface area (Å²) in [6.07, 6.45) is 0. The molecule has 0 fully saturated rings. The summed E-state index contributed by atoms with van der Waals surface area (Å²) in [6, 6.07) is 16.6. The van der Waals surface area contributed by atoms with E-state index in [0.29, 0.717) is 28.4 Å². The molecular formula is C23H18Br2N2O4. The summed E-state index contributed by atoms with van der Waals surface area (Å²) in [6.45, 7) is 1.80. The Bertz CT molecular complexity index is 1230. The quantitative estimate of drug-likeness (QED) is 0.305. The van der Waals surface area contributed by atoms with Crippen molar-refractivity contribution in [1.29, 1.82) is 0 Å². The molecule has 0 spiro atoms. The van der Waals surface area contributed by atoms with Crippen LogP contribution in [0.15, 0.2) is 68.0 Å². The summed E-state index contributed by atoms with van der Waals surface area (Å²) in [5.41, 5.74) is 3.66. The molecule has 0 saturated carbocycles. The summed E-state index contributed by atoms with van der Waals surface area (Å²) in [4.78, 5) is 16.9. The van der Waals surface area contributed by atoms with Gasteiger partial charge in [0.15, 0.2) is 12.2 Å². The molecule has 1 heterocycles. The summed E-state index contributed by atoms with van der Waals surface area (Å²) in [7, 11) is 1.62. The van der Waals surface area contributed by atoms with Gasteiger partial charge in [-0.2, -0.15) is 0 Å². The number of oxazole rings is 1. The van der Waals surface area contributed by atoms with E-state index < -0.39 is 0 Å². The topological polar surface area (TPSA) is 73.6 Å². The van der Waals surface area contributed by atoms with Gasteiger partial charge in [0, 0.05) is 15.7 Å². The smallest absolute Gasteiger partial charge is 0.262 e. The molecule has 3 aromatic carbocycles. The highest BCUT2D eigenvalue weighted by Crippen LogP contribution is 2.32. The van der Waals surface area contributed by atoms with Crippen LogP contribution in [0.5, 0.6) is 11.5 Å². The Labute approximate surface area is 195 Å². The van der Waals surface area contributed by atoms with E-state index in [4.69, 9.17) is 13.9 Å². The predicted octanol–water partition coefficient (Wildman–Crippen LogP) is 6.35. The summed E-state index contributed by atoms with van der Waals surface area (Å²) < 4.78 is 18.4. The number of aromatic nitrogens is 1. The third-order valence-corrected chi connectivity index (χ3v) is 5.60. The number of hydrogen-bond acceptors (Lipinski definition) is 5. The van der Waals surface area contributed by atoms with E-state index in [9.17, 15) is 4.79 Å². The number of hydrogen-bond donors (Lipinski definition) is 1. The number of nitrogens with zero attached hydrogens (tertiary/aromatic N) is 1. The average Bonchev–Trinajstić information content (AvgIpc) is 3.16. The summed E-state index contributed by atoms with van der Waals surface area (Å²) >= 11 is 6.89. The lowest BCUT2D eigenvalue weighted by atomic mass is 10.2. The van der Waals surface area contributed by atoms with Crippen LogP contribution in [0.3, 0.4) is 0 Å². The van der Waals surface area contributed by atoms with Crippen LogP contribution in [0.25, 0.3) is 22.6 Å². The van der Waals surface area contributed by atoms with E-state index in [0.717, 1.165) is 25.8 Å². The lowest BCUT2D eigenvalue weighted by Crippen LogP contribution is -2.20. The number of fused-ring (bicyclic) bond motifs is 1. The molecule has 0 unspecified atom stereocenters. The zero-order chi connectivity index (χ0) is 22.0. The first kappa shape index (κ1) is 21.4. The van der Waals surface area contributed by atoms with Crippen molar-refractivity contribution < 1.29 is 18.7 Å². The molecule has 4 rings (SSSR count). The number of nitrogens with one attached hydrogen (secondary N) is 1. The van der Waals surface area contributed by atoms with Crippen LogP contribution in [-0.4, -0.2) is 24.6 Å². The van der Waals surface area contributed by atoms with E-state index in [1.807, 2.05) is 43.3 Å². The van der Waals surface area contributed by atoms with Gasteiger partial charge in [0.2, 0.25) is 5.89 Å². The van der Waals surface area contributed by atoms with Crippen molar-refractivity contribution in [3.8, 4) is 23.0 Å². The molecule has 1 N–H and O–H groups in total. The second-order valence-electron chi connectivity index (χ2n) is 6.80. The van der Waals surface area contributed by atoms with Crippen molar-refractivity contribution in [1.82, 2.24) is 4.98 Å². The van der Waals surface area contributed by atoms with Crippen LogP contribution in [-0.2, 0) is 4.79 Å². The van der Waals surface area contributed by atoms with Gasteiger partial charge >= 0.3 is 0 Å². The largest absolute Gasteiger partial charge is 0.497 e. The van der Waals surface area contributed by atoms with E-state index in [1.54, 1.807) is 25.3 Å². The lowest BCUT2D eigenvalue weighted by Gasteiger charge is -2.12. The van der Waals surface area contributed by atoms with Gasteiger partial charge in [0.05, 0.1) is 11.6 Å². The highest BCUT2D eigenvalue weighted by Gasteiger charge is 2.12. The molecule has 1 aromatic heterocycles. The zero-order valence-corrected chi connectivity index (χ0v) is 19.9. The second-order valence-corrected chi connectivity index (χ2v) is 8.57. The number of rotatable bonds is 6. The van der Waals surface area contributed by atoms with E-state index >= 15 is 0 Å². The molecule has 8 heteroatoms. The first-order chi connectivity index (χ1) is 14.9. The minimum atomic E-state index is -0.271. The molecular weight excluding hydrogens is 528 g/mol. The number of anilines is 1. The molecule has 0 bridgehead atoms. The van der Waals surface area contributed by atoms with E-state index in [2.05, 4.69) is 42.2 Å². The molecule has 6 nitrogen and oxygen atoms in total. The molecule has 4 aromatic rings. The molecule has 1 amide bonds. The van der Waals surface area contributed by atoms with Crippen LogP contribution in [0.1, 0.15) is 5.56 Å². The van der Waals surface area contributed by atoms with Crippen molar-refractivity contribution in [3.05, 3.63) is 69.1 Å². The van der Waals surface area contributed by atoms with Gasteiger partial charge < -0.3 is 19.2 Å². The zero-order valence-electron chi connectivity index (χ0n) is 16.7. The lowest BCUT2D eigenvalue weighted by molar-refractivity contribution is -0.118. The van der Waals surface area contributed by atoms with Crippen LogP contribution in [0, 0.1) is 6.92 Å². The molecule has 0 saturated heterocycles. The predicted molar refractivity (Wildman–Crippen MR) is 127 cm³/mol. The van der Waals surface area contributed by atoms with Crippen molar-refractivity contribution >= 4 is 54.6 Å². The number of halogens is 2. The number of carbonyl (C=O) groups excluding carboxylic acids is 1. The maximum Gasteiger partial charge on any atom is 0.262 e. The van der Waals surface area contributed by atoms with Crippen LogP contribution >= 0.6 is 31.9 Å². The minimum Gasteiger partial charge on any atom is -0.497 e. The monoisotopic (exact) mass is 544 g/mol. The molecule has 31 heavy (non-hydrogen) atoms. The van der Waals surface area contributed by atoms with Crippen molar-refractivity contribution in [2.45, 2.75) is 6.92 Å². The van der Waals surface area contributed by atoms with Gasteiger partial charge in [-0.15, -0.1) is 0 Å². The Kier molecular flexibility index (Phi) is 6.29. The first-order valence-electron chi connectivity index (χ1n) is 9.36. The third-order valence-electron chi connectivity index (χ3n) is 4.55. The molecule has 0 aliphatic rings. The summed E-state index contributed by atoms with van der Waals surface area (Å²) in [5.74, 6) is 1.62. The fourth-order valence-electron chi connectivity index (χ4n) is 3.07. The van der Waals surface area contributed by atoms with Gasteiger partial charge in [0.1, 0.15) is 17.0 Å². The number of carbonyl (C=O) groups is 1. The molecule has 0 aliphatic carbocycles. The number of benzene rings is 3. The van der Waals surface area contributed by atoms with E-state index in [-0.39, 0.29) is 12.5 Å². The van der Waals surface area contributed by atoms with Gasteiger partial charge in [-0.05, 0) is 83.0 Å². The van der Waals surface area contributed by atoms with Crippen molar-refractivity contribution in [2.75, 3.05) is 19.0 Å². The van der Waals surface area contributed by atoms with Gasteiger partial charge in [-0.1, -0.05) is 15.9 Å².